The highest BCUT2D eigenvalue weighted by molar-refractivity contribution is 5.78. The molecule has 3 rings (SSSR count). The normalized spacial score (nSPS) is 21.4. The molecule has 1 fully saturated rings. The van der Waals surface area contributed by atoms with Gasteiger partial charge >= 0.3 is 0 Å². The molecule has 2 aliphatic rings. The lowest BCUT2D eigenvalue weighted by Crippen LogP contribution is -2.45. The van der Waals surface area contributed by atoms with Crippen LogP contribution in [0.2, 0.25) is 0 Å². The Morgan fingerprint density at radius 3 is 2.71 bits per heavy atom. The Kier molecular flexibility index (Phi) is 4.99. The fourth-order valence-electron chi connectivity index (χ4n) is 3.42. The zero-order valence-electron chi connectivity index (χ0n) is 14.9. The number of hydrogen-bond acceptors (Lipinski definition) is 4. The summed E-state index contributed by atoms with van der Waals surface area (Å²) in [7, 11) is 0. The molecule has 1 atom stereocenters. The minimum atomic E-state index is -0.193. The number of hydrogen-bond donors (Lipinski definition) is 1. The molecule has 1 aromatic carbocycles. The van der Waals surface area contributed by atoms with E-state index in [0.717, 1.165) is 37.3 Å². The Hall–Kier alpha value is -1.75. The summed E-state index contributed by atoms with van der Waals surface area (Å²) in [5.74, 6) is 1.74. The number of carbonyl (C=O) groups excluding carboxylic acids is 1. The van der Waals surface area contributed by atoms with Crippen molar-refractivity contribution in [3.63, 3.8) is 0 Å². The van der Waals surface area contributed by atoms with E-state index < -0.39 is 0 Å². The number of nitrogens with zero attached hydrogens (tertiary/aromatic N) is 1. The van der Waals surface area contributed by atoms with E-state index in [1.54, 1.807) is 0 Å². The predicted molar refractivity (Wildman–Crippen MR) is 93.5 cm³/mol. The molecule has 5 heteroatoms. The molecule has 1 amide bonds. The molecule has 0 bridgehead atoms. The van der Waals surface area contributed by atoms with E-state index in [9.17, 15) is 4.79 Å². The van der Waals surface area contributed by atoms with Crippen molar-refractivity contribution < 1.29 is 14.3 Å². The van der Waals surface area contributed by atoms with Crippen molar-refractivity contribution in [3.05, 3.63) is 23.8 Å². The third-order valence-corrected chi connectivity index (χ3v) is 4.38. The second-order valence-electron chi connectivity index (χ2n) is 7.68. The van der Waals surface area contributed by atoms with Gasteiger partial charge in [0.15, 0.2) is 11.5 Å². The number of amides is 1. The molecule has 2 aliphatic heterocycles. The van der Waals surface area contributed by atoms with E-state index in [1.807, 2.05) is 26.8 Å². The van der Waals surface area contributed by atoms with Crippen LogP contribution in [0.1, 0.15) is 51.6 Å². The maximum atomic E-state index is 12.3. The smallest absolute Gasteiger partial charge is 0.234 e. The summed E-state index contributed by atoms with van der Waals surface area (Å²) >= 11 is 0. The van der Waals surface area contributed by atoms with Crippen LogP contribution in [0.4, 0.5) is 0 Å². The molecule has 0 aliphatic carbocycles. The molecule has 132 valence electrons. The van der Waals surface area contributed by atoms with Gasteiger partial charge in [-0.2, -0.15) is 0 Å². The van der Waals surface area contributed by atoms with Crippen molar-refractivity contribution in [2.24, 2.45) is 0 Å². The highest BCUT2D eigenvalue weighted by Crippen LogP contribution is 2.37. The SMILES string of the molecule is CC(C)(C)NC(=O)CN1CCCC1c1ccc2c(c1)OCCCO2. The van der Waals surface area contributed by atoms with Crippen molar-refractivity contribution in [2.75, 3.05) is 26.3 Å². The van der Waals surface area contributed by atoms with E-state index in [1.165, 1.54) is 5.56 Å². The lowest BCUT2D eigenvalue weighted by Gasteiger charge is -2.27. The first-order chi connectivity index (χ1) is 11.4. The minimum Gasteiger partial charge on any atom is -0.490 e. The third kappa shape index (κ3) is 4.20. The van der Waals surface area contributed by atoms with Crippen LogP contribution < -0.4 is 14.8 Å². The van der Waals surface area contributed by atoms with Crippen molar-refractivity contribution in [3.8, 4) is 11.5 Å². The fourth-order valence-corrected chi connectivity index (χ4v) is 3.42. The molecule has 1 aromatic rings. The average molecular weight is 332 g/mol. The zero-order chi connectivity index (χ0) is 17.2. The van der Waals surface area contributed by atoms with E-state index in [-0.39, 0.29) is 17.5 Å². The molecule has 24 heavy (non-hydrogen) atoms. The summed E-state index contributed by atoms with van der Waals surface area (Å²) in [6.07, 6.45) is 3.09. The number of likely N-dealkylation sites (tertiary alicyclic amines) is 1. The molecular formula is C19H28N2O3. The van der Waals surface area contributed by atoms with Crippen LogP contribution in [0.5, 0.6) is 11.5 Å². The first-order valence-electron chi connectivity index (χ1n) is 8.87. The number of benzene rings is 1. The maximum Gasteiger partial charge on any atom is 0.234 e. The number of nitrogens with one attached hydrogen (secondary N) is 1. The average Bonchev–Trinajstić information content (AvgIpc) is 2.81. The lowest BCUT2D eigenvalue weighted by molar-refractivity contribution is -0.123. The van der Waals surface area contributed by atoms with Crippen LogP contribution >= 0.6 is 0 Å². The second kappa shape index (κ2) is 7.01. The van der Waals surface area contributed by atoms with Crippen LogP contribution in [0.3, 0.4) is 0 Å². The van der Waals surface area contributed by atoms with Crippen LogP contribution in [-0.4, -0.2) is 42.6 Å². The monoisotopic (exact) mass is 332 g/mol. The van der Waals surface area contributed by atoms with Gasteiger partial charge in [0.2, 0.25) is 5.91 Å². The van der Waals surface area contributed by atoms with Gasteiger partial charge in [-0.05, 0) is 57.9 Å². The number of rotatable bonds is 3. The summed E-state index contributed by atoms with van der Waals surface area (Å²) in [5, 5.41) is 3.05. The van der Waals surface area contributed by atoms with Gasteiger partial charge in [0.25, 0.3) is 0 Å². The lowest BCUT2D eigenvalue weighted by atomic mass is 10.0. The summed E-state index contributed by atoms with van der Waals surface area (Å²) in [6, 6.07) is 6.47. The fraction of sp³-hybridized carbons (Fsp3) is 0.632. The van der Waals surface area contributed by atoms with E-state index in [0.29, 0.717) is 19.8 Å². The number of fused-ring (bicyclic) bond motifs is 1. The molecular weight excluding hydrogens is 304 g/mol. The minimum absolute atomic E-state index is 0.0868. The topological polar surface area (TPSA) is 50.8 Å². The summed E-state index contributed by atoms with van der Waals surface area (Å²) in [4.78, 5) is 14.5. The molecule has 0 saturated carbocycles. The van der Waals surface area contributed by atoms with E-state index >= 15 is 0 Å². The Labute approximate surface area is 144 Å². The van der Waals surface area contributed by atoms with Gasteiger partial charge in [-0.1, -0.05) is 6.07 Å². The van der Waals surface area contributed by atoms with Gasteiger partial charge in [-0.25, -0.2) is 0 Å². The Bertz CT molecular complexity index is 595. The van der Waals surface area contributed by atoms with Crippen molar-refractivity contribution in [1.82, 2.24) is 10.2 Å². The van der Waals surface area contributed by atoms with E-state index in [2.05, 4.69) is 22.3 Å². The van der Waals surface area contributed by atoms with Crippen molar-refractivity contribution >= 4 is 5.91 Å². The molecule has 1 unspecified atom stereocenters. The highest BCUT2D eigenvalue weighted by atomic mass is 16.5. The van der Waals surface area contributed by atoms with Gasteiger partial charge in [0.1, 0.15) is 0 Å². The molecule has 0 spiro atoms. The quantitative estimate of drug-likeness (QED) is 0.925. The largest absolute Gasteiger partial charge is 0.490 e. The van der Waals surface area contributed by atoms with Gasteiger partial charge < -0.3 is 14.8 Å². The van der Waals surface area contributed by atoms with Crippen LogP contribution in [0.25, 0.3) is 0 Å². The Morgan fingerprint density at radius 1 is 1.21 bits per heavy atom. The van der Waals surface area contributed by atoms with Crippen molar-refractivity contribution in [1.29, 1.82) is 0 Å². The first kappa shape index (κ1) is 17.1. The van der Waals surface area contributed by atoms with Crippen LogP contribution in [0, 0.1) is 0 Å². The third-order valence-electron chi connectivity index (χ3n) is 4.38. The summed E-state index contributed by atoms with van der Waals surface area (Å²) in [6.45, 7) is 8.82. The molecule has 0 radical (unpaired) electrons. The summed E-state index contributed by atoms with van der Waals surface area (Å²) < 4.78 is 11.5. The Morgan fingerprint density at radius 2 is 1.96 bits per heavy atom. The standard InChI is InChI=1S/C19H28N2O3/c1-19(2,3)20-18(22)13-21-9-4-6-15(21)14-7-8-16-17(12-14)24-11-5-10-23-16/h7-8,12,15H,4-6,9-11,13H2,1-3H3,(H,20,22). The Balaban J connectivity index is 1.71. The zero-order valence-corrected chi connectivity index (χ0v) is 14.9. The molecule has 5 nitrogen and oxygen atoms in total. The maximum absolute atomic E-state index is 12.3. The molecule has 2 heterocycles. The highest BCUT2D eigenvalue weighted by Gasteiger charge is 2.29. The van der Waals surface area contributed by atoms with Gasteiger partial charge in [-0.15, -0.1) is 0 Å². The molecule has 1 saturated heterocycles. The molecule has 0 aromatic heterocycles. The van der Waals surface area contributed by atoms with Gasteiger partial charge in [-0.3, -0.25) is 9.69 Å². The van der Waals surface area contributed by atoms with Gasteiger partial charge in [0.05, 0.1) is 19.8 Å². The van der Waals surface area contributed by atoms with Crippen LogP contribution in [-0.2, 0) is 4.79 Å². The van der Waals surface area contributed by atoms with Crippen LogP contribution in [0.15, 0.2) is 18.2 Å². The first-order valence-corrected chi connectivity index (χ1v) is 8.87. The second-order valence-corrected chi connectivity index (χ2v) is 7.68. The number of carbonyl (C=O) groups is 1. The predicted octanol–water partition coefficient (Wildman–Crippen LogP) is 2.90. The molecule has 1 N–H and O–H groups in total. The summed E-state index contributed by atoms with van der Waals surface area (Å²) in [5.41, 5.74) is 1.02. The van der Waals surface area contributed by atoms with E-state index in [4.69, 9.17) is 9.47 Å². The number of ether oxygens (including phenoxy) is 2. The van der Waals surface area contributed by atoms with Crippen molar-refractivity contribution in [2.45, 2.75) is 51.6 Å². The van der Waals surface area contributed by atoms with Gasteiger partial charge in [0, 0.05) is 18.0 Å².